The van der Waals surface area contributed by atoms with Gasteiger partial charge in [0, 0.05) is 11.1 Å². The fourth-order valence-corrected chi connectivity index (χ4v) is 2.54. The Bertz CT molecular complexity index is 802. The van der Waals surface area contributed by atoms with E-state index in [1.807, 2.05) is 42.8 Å². The first-order chi connectivity index (χ1) is 10.8. The topological polar surface area (TPSA) is 72.5 Å². The predicted octanol–water partition coefficient (Wildman–Crippen LogP) is 3.25. The van der Waals surface area contributed by atoms with Gasteiger partial charge in [-0.3, -0.25) is 4.79 Å². The second-order valence-electron chi connectivity index (χ2n) is 5.44. The van der Waals surface area contributed by atoms with Crippen LogP contribution in [0.15, 0.2) is 48.5 Å². The molecular formula is C17H20ClNO4S. The monoisotopic (exact) mass is 369 g/mol. The molecule has 0 aliphatic carbocycles. The summed E-state index contributed by atoms with van der Waals surface area (Å²) in [6.45, 7) is 3.91. The van der Waals surface area contributed by atoms with Gasteiger partial charge in [-0.1, -0.05) is 30.3 Å². The van der Waals surface area contributed by atoms with E-state index in [1.165, 1.54) is 0 Å². The van der Waals surface area contributed by atoms with Gasteiger partial charge in [-0.2, -0.15) is 0 Å². The van der Waals surface area contributed by atoms with E-state index < -0.39 is 15.9 Å². The van der Waals surface area contributed by atoms with Crippen LogP contribution >= 0.6 is 12.4 Å². The summed E-state index contributed by atoms with van der Waals surface area (Å²) in [5.74, 6) is 0.113. The van der Waals surface area contributed by atoms with Crippen molar-refractivity contribution in [3.05, 3.63) is 54.1 Å². The van der Waals surface area contributed by atoms with Crippen LogP contribution in [0.2, 0.25) is 0 Å². The molecule has 0 unspecified atom stereocenters. The van der Waals surface area contributed by atoms with Crippen LogP contribution in [0, 0.1) is 0 Å². The number of para-hydroxylation sites is 1. The van der Waals surface area contributed by atoms with Crippen LogP contribution in [-0.4, -0.2) is 26.7 Å². The van der Waals surface area contributed by atoms with E-state index in [-0.39, 0.29) is 24.1 Å². The summed E-state index contributed by atoms with van der Waals surface area (Å²) in [4.78, 5) is 11.8. The highest BCUT2D eigenvalue weighted by Crippen LogP contribution is 2.30. The maximum atomic E-state index is 11.8. The lowest BCUT2D eigenvalue weighted by Gasteiger charge is -2.14. The van der Waals surface area contributed by atoms with E-state index >= 15 is 0 Å². The highest BCUT2D eigenvalue weighted by atomic mass is 35.5. The molecule has 2 aromatic rings. The first kappa shape index (κ1) is 20.0. The molecule has 0 saturated carbocycles. The Labute approximate surface area is 148 Å². The number of hydrogen-bond acceptors (Lipinski definition) is 4. The molecule has 0 saturated heterocycles. The molecule has 1 amide bonds. The first-order valence-electron chi connectivity index (χ1n) is 7.14. The smallest absolute Gasteiger partial charge is 0.264 e. The molecule has 2 aromatic carbocycles. The molecular weight excluding hydrogens is 350 g/mol. The van der Waals surface area contributed by atoms with Gasteiger partial charge in [0.2, 0.25) is 10.0 Å². The number of rotatable bonds is 5. The molecule has 5 nitrogen and oxygen atoms in total. The van der Waals surface area contributed by atoms with Crippen molar-refractivity contribution in [3.8, 4) is 16.9 Å². The largest absolute Gasteiger partial charge is 0.490 e. The SMILES string of the molecule is CC(C)Oc1ccccc1-c1ccc(C(=O)NS(C)(=O)=O)cc1.Cl. The van der Waals surface area contributed by atoms with Gasteiger partial charge in [0.25, 0.3) is 5.91 Å². The van der Waals surface area contributed by atoms with Gasteiger partial charge >= 0.3 is 0 Å². The third-order valence-corrected chi connectivity index (χ3v) is 3.54. The molecule has 0 radical (unpaired) electrons. The normalized spacial score (nSPS) is 10.8. The predicted molar refractivity (Wildman–Crippen MR) is 97.2 cm³/mol. The van der Waals surface area contributed by atoms with Gasteiger partial charge in [0.15, 0.2) is 0 Å². The molecule has 7 heteroatoms. The van der Waals surface area contributed by atoms with Crippen molar-refractivity contribution in [1.29, 1.82) is 0 Å². The maximum absolute atomic E-state index is 11.8. The summed E-state index contributed by atoms with van der Waals surface area (Å²) in [6.07, 6.45) is 0.995. The van der Waals surface area contributed by atoms with Gasteiger partial charge in [-0.25, -0.2) is 13.1 Å². The highest BCUT2D eigenvalue weighted by Gasteiger charge is 2.12. The lowest BCUT2D eigenvalue weighted by atomic mass is 10.0. The molecule has 0 spiro atoms. The van der Waals surface area contributed by atoms with Crippen molar-refractivity contribution in [2.75, 3.05) is 6.26 Å². The zero-order valence-corrected chi connectivity index (χ0v) is 15.3. The average molecular weight is 370 g/mol. The van der Waals surface area contributed by atoms with Gasteiger partial charge in [-0.05, 0) is 37.6 Å². The van der Waals surface area contributed by atoms with Gasteiger partial charge < -0.3 is 4.74 Å². The van der Waals surface area contributed by atoms with E-state index in [4.69, 9.17) is 4.74 Å². The second-order valence-corrected chi connectivity index (χ2v) is 7.19. The van der Waals surface area contributed by atoms with Crippen LogP contribution in [0.3, 0.4) is 0 Å². The zero-order chi connectivity index (χ0) is 17.0. The van der Waals surface area contributed by atoms with Gasteiger partial charge in [-0.15, -0.1) is 12.4 Å². The fourth-order valence-electron chi connectivity index (χ4n) is 2.09. The summed E-state index contributed by atoms with van der Waals surface area (Å²) in [7, 11) is -3.57. The molecule has 1 N–H and O–H groups in total. The number of ether oxygens (including phenoxy) is 1. The second kappa shape index (κ2) is 8.17. The minimum Gasteiger partial charge on any atom is -0.490 e. The van der Waals surface area contributed by atoms with Crippen molar-refractivity contribution in [1.82, 2.24) is 4.72 Å². The number of benzene rings is 2. The zero-order valence-electron chi connectivity index (χ0n) is 13.6. The van der Waals surface area contributed by atoms with Crippen LogP contribution in [0.4, 0.5) is 0 Å². The molecule has 0 aliphatic heterocycles. The third-order valence-electron chi connectivity index (χ3n) is 2.99. The van der Waals surface area contributed by atoms with Gasteiger partial charge in [0.1, 0.15) is 5.75 Å². The highest BCUT2D eigenvalue weighted by molar-refractivity contribution is 7.89. The fraction of sp³-hybridized carbons (Fsp3) is 0.235. The van der Waals surface area contributed by atoms with E-state index in [2.05, 4.69) is 0 Å². The Morgan fingerprint density at radius 1 is 1.04 bits per heavy atom. The van der Waals surface area contributed by atoms with E-state index in [9.17, 15) is 13.2 Å². The molecule has 0 bridgehead atoms. The molecule has 130 valence electrons. The summed E-state index contributed by atoms with van der Waals surface area (Å²) in [5.41, 5.74) is 2.08. The number of carbonyl (C=O) groups is 1. The number of nitrogens with one attached hydrogen (secondary N) is 1. The summed E-state index contributed by atoms with van der Waals surface area (Å²) in [5, 5.41) is 0. The average Bonchev–Trinajstić information content (AvgIpc) is 2.45. The Balaban J connectivity index is 0.00000288. The van der Waals surface area contributed by atoms with Crippen LogP contribution in [-0.2, 0) is 10.0 Å². The number of hydrogen-bond donors (Lipinski definition) is 1. The maximum Gasteiger partial charge on any atom is 0.264 e. The molecule has 0 aliphatic rings. The first-order valence-corrected chi connectivity index (χ1v) is 9.03. The molecule has 0 fully saturated rings. The Morgan fingerprint density at radius 3 is 2.17 bits per heavy atom. The molecule has 0 atom stereocenters. The number of carbonyl (C=O) groups excluding carboxylic acids is 1. The summed E-state index contributed by atoms with van der Waals surface area (Å²) in [6, 6.07) is 14.3. The Morgan fingerprint density at radius 2 is 1.62 bits per heavy atom. The van der Waals surface area contributed by atoms with Crippen LogP contribution in [0.1, 0.15) is 24.2 Å². The van der Waals surface area contributed by atoms with Crippen molar-refractivity contribution in [3.63, 3.8) is 0 Å². The molecule has 0 heterocycles. The van der Waals surface area contributed by atoms with Gasteiger partial charge in [0.05, 0.1) is 12.4 Å². The van der Waals surface area contributed by atoms with Crippen molar-refractivity contribution >= 4 is 28.3 Å². The number of halogens is 1. The number of sulfonamides is 1. The van der Waals surface area contributed by atoms with Crippen molar-refractivity contribution < 1.29 is 17.9 Å². The minimum absolute atomic E-state index is 0. The summed E-state index contributed by atoms with van der Waals surface area (Å²) >= 11 is 0. The molecule has 2 rings (SSSR count). The van der Waals surface area contributed by atoms with Crippen LogP contribution in [0.25, 0.3) is 11.1 Å². The van der Waals surface area contributed by atoms with E-state index in [0.29, 0.717) is 0 Å². The van der Waals surface area contributed by atoms with Crippen LogP contribution < -0.4 is 9.46 Å². The van der Waals surface area contributed by atoms with Crippen molar-refractivity contribution in [2.24, 2.45) is 0 Å². The Kier molecular flexibility index (Phi) is 6.81. The Hall–Kier alpha value is -2.05. The third kappa shape index (κ3) is 5.54. The summed E-state index contributed by atoms with van der Waals surface area (Å²) < 4.78 is 29.9. The lowest BCUT2D eigenvalue weighted by Crippen LogP contribution is -2.29. The van der Waals surface area contributed by atoms with E-state index in [0.717, 1.165) is 23.1 Å². The lowest BCUT2D eigenvalue weighted by molar-refractivity contribution is 0.0981. The van der Waals surface area contributed by atoms with Crippen molar-refractivity contribution in [2.45, 2.75) is 20.0 Å². The van der Waals surface area contributed by atoms with Crippen LogP contribution in [0.5, 0.6) is 5.75 Å². The molecule has 24 heavy (non-hydrogen) atoms. The molecule has 0 aromatic heterocycles. The quantitative estimate of drug-likeness (QED) is 0.878. The number of amides is 1. The van der Waals surface area contributed by atoms with E-state index in [1.54, 1.807) is 24.3 Å². The minimum atomic E-state index is -3.57. The standard InChI is InChI=1S/C17H19NO4S.ClH/c1-12(2)22-16-7-5-4-6-15(16)13-8-10-14(11-9-13)17(19)18-23(3,20)21;/h4-12H,1-3H3,(H,18,19);1H.